The first-order valence-electron chi connectivity index (χ1n) is 7.07. The second-order valence-corrected chi connectivity index (χ2v) is 5.29. The Labute approximate surface area is 120 Å². The zero-order valence-corrected chi connectivity index (χ0v) is 12.4. The molecule has 1 aliphatic heterocycles. The summed E-state index contributed by atoms with van der Waals surface area (Å²) >= 11 is 0. The highest BCUT2D eigenvalue weighted by molar-refractivity contribution is 5.95. The SMILES string of the molecule is COCCNC(=O)NC(=O)CN1CCCC(C(C)N)C1. The van der Waals surface area contributed by atoms with E-state index in [0.29, 0.717) is 19.1 Å². The third-order valence-corrected chi connectivity index (χ3v) is 3.50. The van der Waals surface area contributed by atoms with Gasteiger partial charge < -0.3 is 15.8 Å². The van der Waals surface area contributed by atoms with E-state index in [9.17, 15) is 9.59 Å². The van der Waals surface area contributed by atoms with Gasteiger partial charge in [0.05, 0.1) is 13.2 Å². The lowest BCUT2D eigenvalue weighted by Crippen LogP contribution is -2.49. The average Bonchev–Trinajstić information content (AvgIpc) is 2.39. The van der Waals surface area contributed by atoms with Gasteiger partial charge in [-0.1, -0.05) is 0 Å². The summed E-state index contributed by atoms with van der Waals surface area (Å²) in [7, 11) is 1.55. The molecule has 20 heavy (non-hydrogen) atoms. The van der Waals surface area contributed by atoms with Gasteiger partial charge in [-0.25, -0.2) is 4.79 Å². The molecule has 0 aromatic rings. The van der Waals surface area contributed by atoms with Crippen LogP contribution >= 0.6 is 0 Å². The van der Waals surface area contributed by atoms with Crippen molar-refractivity contribution in [2.24, 2.45) is 11.7 Å². The van der Waals surface area contributed by atoms with E-state index in [-0.39, 0.29) is 18.5 Å². The summed E-state index contributed by atoms with van der Waals surface area (Å²) in [5.74, 6) is 0.136. The first-order valence-corrected chi connectivity index (χ1v) is 7.07. The van der Waals surface area contributed by atoms with Crippen molar-refractivity contribution in [3.8, 4) is 0 Å². The van der Waals surface area contributed by atoms with E-state index in [2.05, 4.69) is 15.5 Å². The van der Waals surface area contributed by atoms with Gasteiger partial charge in [0, 0.05) is 26.2 Å². The van der Waals surface area contributed by atoms with Gasteiger partial charge in [0.25, 0.3) is 0 Å². The van der Waals surface area contributed by atoms with Crippen molar-refractivity contribution in [3.05, 3.63) is 0 Å². The molecule has 1 rings (SSSR count). The first kappa shape index (κ1) is 16.9. The van der Waals surface area contributed by atoms with Crippen molar-refractivity contribution in [2.75, 3.05) is 39.9 Å². The largest absolute Gasteiger partial charge is 0.383 e. The molecule has 1 aliphatic rings. The fourth-order valence-corrected chi connectivity index (χ4v) is 2.34. The van der Waals surface area contributed by atoms with Gasteiger partial charge in [-0.3, -0.25) is 15.0 Å². The molecule has 0 aromatic carbocycles. The number of nitrogens with two attached hydrogens (primary N) is 1. The van der Waals surface area contributed by atoms with Crippen molar-refractivity contribution in [2.45, 2.75) is 25.8 Å². The summed E-state index contributed by atoms with van der Waals surface area (Å²) in [6, 6.07) is -0.342. The number of carbonyl (C=O) groups is 2. The topological polar surface area (TPSA) is 96.7 Å². The predicted octanol–water partition coefficient (Wildman–Crippen LogP) is -0.482. The molecule has 0 spiro atoms. The van der Waals surface area contributed by atoms with Gasteiger partial charge in [0.15, 0.2) is 0 Å². The molecule has 1 heterocycles. The maximum atomic E-state index is 11.8. The Kier molecular flexibility index (Phi) is 7.50. The molecule has 0 aromatic heterocycles. The zero-order valence-electron chi connectivity index (χ0n) is 12.4. The van der Waals surface area contributed by atoms with Gasteiger partial charge in [-0.2, -0.15) is 0 Å². The van der Waals surface area contributed by atoms with Crippen molar-refractivity contribution >= 4 is 11.9 Å². The van der Waals surface area contributed by atoms with E-state index >= 15 is 0 Å². The van der Waals surface area contributed by atoms with Crippen LogP contribution in [-0.4, -0.2) is 62.8 Å². The van der Waals surface area contributed by atoms with Crippen LogP contribution in [0.1, 0.15) is 19.8 Å². The molecular formula is C13H26N4O3. The second-order valence-electron chi connectivity index (χ2n) is 5.29. The van der Waals surface area contributed by atoms with Gasteiger partial charge >= 0.3 is 6.03 Å². The molecule has 1 fully saturated rings. The molecule has 116 valence electrons. The van der Waals surface area contributed by atoms with E-state index in [1.807, 2.05) is 6.92 Å². The van der Waals surface area contributed by atoms with Crippen LogP contribution in [0, 0.1) is 5.92 Å². The normalized spacial score (nSPS) is 21.2. The molecule has 0 bridgehead atoms. The summed E-state index contributed by atoms with van der Waals surface area (Å²) in [5, 5.41) is 4.86. The highest BCUT2D eigenvalue weighted by Crippen LogP contribution is 2.18. The van der Waals surface area contributed by atoms with Crippen LogP contribution in [-0.2, 0) is 9.53 Å². The van der Waals surface area contributed by atoms with Gasteiger partial charge in [0.2, 0.25) is 5.91 Å². The van der Waals surface area contributed by atoms with Crippen molar-refractivity contribution in [1.82, 2.24) is 15.5 Å². The number of amides is 3. The maximum absolute atomic E-state index is 11.8. The number of methoxy groups -OCH3 is 1. The highest BCUT2D eigenvalue weighted by atomic mass is 16.5. The molecule has 2 unspecified atom stereocenters. The summed E-state index contributed by atoms with van der Waals surface area (Å²) in [6.07, 6.45) is 2.15. The van der Waals surface area contributed by atoms with E-state index in [1.165, 1.54) is 0 Å². The number of carbonyl (C=O) groups excluding carboxylic acids is 2. The van der Waals surface area contributed by atoms with Crippen LogP contribution in [0.15, 0.2) is 0 Å². The summed E-state index contributed by atoms with van der Waals surface area (Å²) < 4.78 is 4.81. The number of ether oxygens (including phenoxy) is 1. The Hall–Kier alpha value is -1.18. The van der Waals surface area contributed by atoms with E-state index in [0.717, 1.165) is 25.9 Å². The predicted molar refractivity (Wildman–Crippen MR) is 76.2 cm³/mol. The minimum Gasteiger partial charge on any atom is -0.383 e. The quantitative estimate of drug-likeness (QED) is 0.573. The second kappa shape index (κ2) is 8.89. The Morgan fingerprint density at radius 3 is 2.90 bits per heavy atom. The molecule has 3 amide bonds. The Morgan fingerprint density at radius 2 is 2.25 bits per heavy atom. The third kappa shape index (κ3) is 6.31. The molecular weight excluding hydrogens is 260 g/mol. The number of hydrogen-bond acceptors (Lipinski definition) is 5. The lowest BCUT2D eigenvalue weighted by molar-refractivity contribution is -0.121. The molecule has 4 N–H and O–H groups in total. The Balaban J connectivity index is 2.25. The third-order valence-electron chi connectivity index (χ3n) is 3.50. The highest BCUT2D eigenvalue weighted by Gasteiger charge is 2.24. The minimum atomic E-state index is -0.479. The molecule has 0 saturated carbocycles. The van der Waals surface area contributed by atoms with Crippen LogP contribution in [0.25, 0.3) is 0 Å². The number of nitrogens with one attached hydrogen (secondary N) is 2. The maximum Gasteiger partial charge on any atom is 0.321 e. The van der Waals surface area contributed by atoms with Crippen LogP contribution < -0.4 is 16.4 Å². The van der Waals surface area contributed by atoms with Crippen LogP contribution in [0.3, 0.4) is 0 Å². The molecule has 0 radical (unpaired) electrons. The molecule has 1 saturated heterocycles. The fraction of sp³-hybridized carbons (Fsp3) is 0.846. The molecule has 7 heteroatoms. The number of piperidine rings is 1. The lowest BCUT2D eigenvalue weighted by atomic mass is 9.92. The fourth-order valence-electron chi connectivity index (χ4n) is 2.34. The average molecular weight is 286 g/mol. The summed E-state index contributed by atoms with van der Waals surface area (Å²) in [5.41, 5.74) is 5.91. The summed E-state index contributed by atoms with van der Waals surface area (Å²) in [6.45, 7) is 4.73. The number of hydrogen-bond donors (Lipinski definition) is 3. The van der Waals surface area contributed by atoms with Crippen molar-refractivity contribution in [1.29, 1.82) is 0 Å². The van der Waals surface area contributed by atoms with Crippen molar-refractivity contribution in [3.63, 3.8) is 0 Å². The Bertz CT molecular complexity index is 323. The van der Waals surface area contributed by atoms with Crippen LogP contribution in [0.5, 0.6) is 0 Å². The van der Waals surface area contributed by atoms with Crippen LogP contribution in [0.4, 0.5) is 4.79 Å². The number of urea groups is 1. The monoisotopic (exact) mass is 286 g/mol. The minimum absolute atomic E-state index is 0.137. The standard InChI is InChI=1S/C13H26N4O3/c1-10(14)11-4-3-6-17(8-11)9-12(18)16-13(19)15-5-7-20-2/h10-11H,3-9,14H2,1-2H3,(H2,15,16,18,19). The Morgan fingerprint density at radius 1 is 1.50 bits per heavy atom. The molecule has 7 nitrogen and oxygen atoms in total. The van der Waals surface area contributed by atoms with Crippen molar-refractivity contribution < 1.29 is 14.3 Å². The number of nitrogens with zero attached hydrogens (tertiary/aromatic N) is 1. The smallest absolute Gasteiger partial charge is 0.321 e. The molecule has 0 aliphatic carbocycles. The first-order chi connectivity index (χ1) is 9.52. The molecule has 2 atom stereocenters. The summed E-state index contributed by atoms with van der Waals surface area (Å²) in [4.78, 5) is 25.2. The van der Waals surface area contributed by atoms with E-state index in [4.69, 9.17) is 10.5 Å². The number of imide groups is 1. The zero-order chi connectivity index (χ0) is 15.0. The number of likely N-dealkylation sites (tertiary alicyclic amines) is 1. The van der Waals surface area contributed by atoms with Crippen LogP contribution in [0.2, 0.25) is 0 Å². The van der Waals surface area contributed by atoms with Gasteiger partial charge in [0.1, 0.15) is 0 Å². The van der Waals surface area contributed by atoms with Gasteiger partial charge in [-0.05, 0) is 32.2 Å². The lowest BCUT2D eigenvalue weighted by Gasteiger charge is -2.34. The van der Waals surface area contributed by atoms with Gasteiger partial charge in [-0.15, -0.1) is 0 Å². The van der Waals surface area contributed by atoms with E-state index in [1.54, 1.807) is 7.11 Å². The van der Waals surface area contributed by atoms with E-state index < -0.39 is 6.03 Å². The number of rotatable bonds is 6.